The summed E-state index contributed by atoms with van der Waals surface area (Å²) in [7, 11) is 0. The maximum absolute atomic E-state index is 14.2. The Morgan fingerprint density at radius 2 is 2.00 bits per heavy atom. The largest absolute Gasteiger partial charge is 0.392 e. The number of hydrogen-bond acceptors (Lipinski definition) is 8. The van der Waals surface area contributed by atoms with E-state index in [1.165, 1.54) is 32.4 Å². The van der Waals surface area contributed by atoms with E-state index in [4.69, 9.17) is 5.26 Å². The number of pyridine rings is 2. The quantitative estimate of drug-likeness (QED) is 0.295. The minimum atomic E-state index is -1.67. The van der Waals surface area contributed by atoms with Crippen LogP contribution in [0.25, 0.3) is 16.9 Å². The van der Waals surface area contributed by atoms with Crippen molar-refractivity contribution in [2.45, 2.75) is 32.2 Å². The molecule has 4 heterocycles. The lowest BCUT2D eigenvalue weighted by Gasteiger charge is -2.22. The Morgan fingerprint density at radius 3 is 2.67 bits per heavy atom. The molecule has 0 aliphatic heterocycles. The molecule has 0 radical (unpaired) electrons. The zero-order chi connectivity index (χ0) is 25.9. The predicted molar refractivity (Wildman–Crippen MR) is 130 cm³/mol. The molecule has 4 aromatic rings. The monoisotopic (exact) mass is 489 g/mol. The first-order chi connectivity index (χ1) is 17.2. The van der Waals surface area contributed by atoms with Gasteiger partial charge in [-0.3, -0.25) is 9.78 Å². The Balaban J connectivity index is 1.70. The molecule has 184 valence electrons. The van der Waals surface area contributed by atoms with E-state index in [2.05, 4.69) is 31.8 Å². The van der Waals surface area contributed by atoms with E-state index in [0.29, 0.717) is 39.5 Å². The second-order valence-corrected chi connectivity index (χ2v) is 8.69. The fourth-order valence-corrected chi connectivity index (χ4v) is 3.39. The lowest BCUT2D eigenvalue weighted by atomic mass is 10.0. The average Bonchev–Trinajstić information content (AvgIpc) is 3.30. The van der Waals surface area contributed by atoms with E-state index in [9.17, 15) is 19.4 Å². The Bertz CT molecular complexity index is 1440. The number of aliphatic hydroxyl groups excluding tert-OH is 1. The summed E-state index contributed by atoms with van der Waals surface area (Å²) in [5.74, 6) is -0.178. The van der Waals surface area contributed by atoms with Crippen LogP contribution in [0.5, 0.6) is 0 Å². The second kappa shape index (κ2) is 10.1. The van der Waals surface area contributed by atoms with Gasteiger partial charge in [0.1, 0.15) is 18.1 Å². The fraction of sp³-hybridized carbons (Fsp3) is 0.240. The Morgan fingerprint density at radius 1 is 1.19 bits per heavy atom. The molecule has 0 saturated heterocycles. The first-order valence-corrected chi connectivity index (χ1v) is 11.1. The number of hydrogen-bond donors (Lipinski definition) is 4. The fourth-order valence-electron chi connectivity index (χ4n) is 3.39. The molecule has 1 atom stereocenters. The number of nitriles is 1. The molecule has 0 aliphatic carbocycles. The van der Waals surface area contributed by atoms with E-state index in [0.717, 1.165) is 0 Å². The van der Waals surface area contributed by atoms with E-state index in [-0.39, 0.29) is 18.7 Å². The molecule has 4 rings (SSSR count). The molecule has 0 aliphatic rings. The van der Waals surface area contributed by atoms with Crippen LogP contribution in [0.2, 0.25) is 0 Å². The number of halogens is 1. The number of amides is 1. The van der Waals surface area contributed by atoms with E-state index in [1.54, 1.807) is 40.9 Å². The van der Waals surface area contributed by atoms with Gasteiger partial charge in [-0.15, -0.1) is 0 Å². The number of anilines is 2. The zero-order valence-electron chi connectivity index (χ0n) is 19.6. The van der Waals surface area contributed by atoms with Crippen molar-refractivity contribution < 1.29 is 19.4 Å². The number of rotatable bonds is 8. The van der Waals surface area contributed by atoms with Gasteiger partial charge < -0.3 is 20.8 Å². The maximum Gasteiger partial charge on any atom is 0.255 e. The number of aliphatic hydroxyl groups is 2. The van der Waals surface area contributed by atoms with Crippen molar-refractivity contribution >= 4 is 22.9 Å². The number of carbonyl (C=O) groups excluding carboxylic acids is 1. The lowest BCUT2D eigenvalue weighted by molar-refractivity contribution is -0.00177. The number of nitrogens with zero attached hydrogens (tertiary/aromatic N) is 5. The summed E-state index contributed by atoms with van der Waals surface area (Å²) in [5.41, 5.74) is 1.73. The van der Waals surface area contributed by atoms with Crippen LogP contribution in [-0.2, 0) is 6.61 Å². The molecule has 0 saturated carbocycles. The summed E-state index contributed by atoms with van der Waals surface area (Å²) in [6.07, 6.45) is 2.63. The van der Waals surface area contributed by atoms with Crippen LogP contribution in [-0.4, -0.2) is 54.0 Å². The van der Waals surface area contributed by atoms with Crippen LogP contribution in [0, 0.1) is 11.3 Å². The Kier molecular flexibility index (Phi) is 6.91. The van der Waals surface area contributed by atoms with Gasteiger partial charge in [0.25, 0.3) is 5.91 Å². The minimum Gasteiger partial charge on any atom is -0.392 e. The van der Waals surface area contributed by atoms with Crippen molar-refractivity contribution in [3.8, 4) is 17.5 Å². The Labute approximate surface area is 206 Å². The summed E-state index contributed by atoms with van der Waals surface area (Å²) >= 11 is 0. The summed E-state index contributed by atoms with van der Waals surface area (Å²) in [4.78, 5) is 21.6. The topological polar surface area (TPSA) is 148 Å². The van der Waals surface area contributed by atoms with Crippen molar-refractivity contribution in [1.29, 1.82) is 5.26 Å². The standard InChI is InChI=1S/C25H24FN7O3/c1-25(2,36)22(26)13-30-24(35)18-12-28-20(8-19(18)32-23-6-3-15(14-34)10-29-23)21-5-4-17-7-16(9-27)11-31-33(17)21/h3-8,10-12,22,34,36H,13-14H2,1-2H3,(H,30,35)(H,28,29,32)/t22-/m1/s1. The van der Waals surface area contributed by atoms with E-state index in [1.807, 2.05) is 0 Å². The highest BCUT2D eigenvalue weighted by Gasteiger charge is 2.27. The highest BCUT2D eigenvalue weighted by atomic mass is 19.1. The van der Waals surface area contributed by atoms with Crippen molar-refractivity contribution in [1.82, 2.24) is 24.9 Å². The minimum absolute atomic E-state index is 0.135. The molecule has 1 amide bonds. The first-order valence-electron chi connectivity index (χ1n) is 11.1. The summed E-state index contributed by atoms with van der Waals surface area (Å²) in [6, 6.07) is 12.3. The van der Waals surface area contributed by atoms with Crippen molar-refractivity contribution in [3.05, 3.63) is 71.7 Å². The third-order valence-corrected chi connectivity index (χ3v) is 5.52. The van der Waals surface area contributed by atoms with E-state index >= 15 is 0 Å². The van der Waals surface area contributed by atoms with Gasteiger partial charge in [-0.1, -0.05) is 6.07 Å². The molecule has 11 heteroatoms. The van der Waals surface area contributed by atoms with Gasteiger partial charge in [-0.25, -0.2) is 13.9 Å². The van der Waals surface area contributed by atoms with Gasteiger partial charge >= 0.3 is 0 Å². The van der Waals surface area contributed by atoms with Crippen LogP contribution in [0.1, 0.15) is 35.3 Å². The molecule has 4 aromatic heterocycles. The smallest absolute Gasteiger partial charge is 0.255 e. The van der Waals surface area contributed by atoms with Gasteiger partial charge in [-0.2, -0.15) is 10.4 Å². The van der Waals surface area contributed by atoms with Crippen LogP contribution in [0.3, 0.4) is 0 Å². The zero-order valence-corrected chi connectivity index (χ0v) is 19.6. The number of alkyl halides is 1. The second-order valence-electron chi connectivity index (χ2n) is 8.69. The molecule has 0 fully saturated rings. The Hall–Kier alpha value is -4.40. The first kappa shape index (κ1) is 24.7. The van der Waals surface area contributed by atoms with Crippen LogP contribution >= 0.6 is 0 Å². The van der Waals surface area contributed by atoms with Gasteiger partial charge in [0.05, 0.1) is 58.7 Å². The molecular weight excluding hydrogens is 465 g/mol. The SMILES string of the molecule is CC(C)(O)[C@H](F)CNC(=O)c1cnc(-c2ccc3cc(C#N)cnn23)cc1Nc1ccc(CO)cn1. The molecule has 0 spiro atoms. The predicted octanol–water partition coefficient (Wildman–Crippen LogP) is 2.74. The van der Waals surface area contributed by atoms with Gasteiger partial charge in [-0.05, 0) is 49.7 Å². The molecule has 4 N–H and O–H groups in total. The van der Waals surface area contributed by atoms with Crippen LogP contribution in [0.4, 0.5) is 15.9 Å². The molecular formula is C25H24FN7O3. The lowest BCUT2D eigenvalue weighted by Crippen LogP contribution is -2.42. The summed E-state index contributed by atoms with van der Waals surface area (Å²) in [6.45, 7) is 2.10. The summed E-state index contributed by atoms with van der Waals surface area (Å²) < 4.78 is 15.8. The third-order valence-electron chi connectivity index (χ3n) is 5.52. The molecule has 0 unspecified atom stereocenters. The third kappa shape index (κ3) is 5.30. The highest BCUT2D eigenvalue weighted by Crippen LogP contribution is 2.27. The molecule has 10 nitrogen and oxygen atoms in total. The van der Waals surface area contributed by atoms with E-state index < -0.39 is 17.7 Å². The van der Waals surface area contributed by atoms with Crippen molar-refractivity contribution in [2.75, 3.05) is 11.9 Å². The maximum atomic E-state index is 14.2. The molecule has 0 bridgehead atoms. The normalized spacial score (nSPS) is 12.2. The number of carbonyl (C=O) groups is 1. The van der Waals surface area contributed by atoms with Crippen molar-refractivity contribution in [3.63, 3.8) is 0 Å². The molecule has 0 aromatic carbocycles. The van der Waals surface area contributed by atoms with Crippen LogP contribution < -0.4 is 10.6 Å². The highest BCUT2D eigenvalue weighted by molar-refractivity contribution is 6.00. The van der Waals surface area contributed by atoms with Gasteiger partial charge in [0.15, 0.2) is 0 Å². The molecule has 36 heavy (non-hydrogen) atoms. The van der Waals surface area contributed by atoms with Gasteiger partial charge in [0, 0.05) is 12.4 Å². The van der Waals surface area contributed by atoms with Crippen LogP contribution in [0.15, 0.2) is 55.0 Å². The van der Waals surface area contributed by atoms with Gasteiger partial charge in [0.2, 0.25) is 0 Å². The number of aromatic nitrogens is 4. The van der Waals surface area contributed by atoms with Crippen molar-refractivity contribution in [2.24, 2.45) is 0 Å². The summed E-state index contributed by atoms with van der Waals surface area (Å²) in [5, 5.41) is 38.1. The average molecular weight is 490 g/mol. The number of nitrogens with one attached hydrogen (secondary N) is 2. The number of fused-ring (bicyclic) bond motifs is 1.